The highest BCUT2D eigenvalue weighted by Crippen LogP contribution is 2.16. The molecule has 0 unspecified atom stereocenters. The minimum atomic E-state index is 0.0995. The number of aromatic nitrogens is 1. The Morgan fingerprint density at radius 3 is 3.05 bits per heavy atom. The van der Waals surface area contributed by atoms with E-state index in [0.717, 1.165) is 49.2 Å². The summed E-state index contributed by atoms with van der Waals surface area (Å²) in [5.41, 5.74) is 2.26. The van der Waals surface area contributed by atoms with Gasteiger partial charge < -0.3 is 9.15 Å². The van der Waals surface area contributed by atoms with E-state index in [1.54, 1.807) is 0 Å². The molecule has 0 saturated carbocycles. The molecule has 0 amide bonds. The van der Waals surface area contributed by atoms with Crippen molar-refractivity contribution in [2.75, 3.05) is 6.61 Å². The normalized spacial score (nSPS) is 10.4. The van der Waals surface area contributed by atoms with E-state index in [-0.39, 0.29) is 6.61 Å². The van der Waals surface area contributed by atoms with Crippen LogP contribution in [-0.4, -0.2) is 17.9 Å². The molecule has 1 aromatic carbocycles. The first kappa shape index (κ1) is 14.3. The molecule has 1 heterocycles. The standard InChI is InChI=1S/C16H19NO3/c1-2-16-15(17-12-20-16)8-4-6-13-5-3-7-14(11-13)19-10-9-18/h3,5,7,9,11-12H,2,4,6,8,10H2,1H3. The summed E-state index contributed by atoms with van der Waals surface area (Å²) in [6.07, 6.45) is 6.03. The maximum Gasteiger partial charge on any atom is 0.181 e. The summed E-state index contributed by atoms with van der Waals surface area (Å²) in [6.45, 7) is 2.17. The lowest BCUT2D eigenvalue weighted by molar-refractivity contribution is -0.109. The van der Waals surface area contributed by atoms with E-state index >= 15 is 0 Å². The molecule has 0 aliphatic rings. The van der Waals surface area contributed by atoms with Gasteiger partial charge in [-0.2, -0.15) is 0 Å². The molecule has 0 aliphatic carbocycles. The van der Waals surface area contributed by atoms with Crippen LogP contribution in [0.3, 0.4) is 0 Å². The van der Waals surface area contributed by atoms with Gasteiger partial charge in [-0.15, -0.1) is 0 Å². The number of aldehydes is 1. The van der Waals surface area contributed by atoms with Crippen LogP contribution in [0.1, 0.15) is 30.4 Å². The fourth-order valence-corrected chi connectivity index (χ4v) is 2.17. The maximum atomic E-state index is 10.3. The monoisotopic (exact) mass is 273 g/mol. The van der Waals surface area contributed by atoms with Crippen LogP contribution in [0.5, 0.6) is 5.75 Å². The Morgan fingerprint density at radius 1 is 1.35 bits per heavy atom. The summed E-state index contributed by atoms with van der Waals surface area (Å²) < 4.78 is 10.6. The van der Waals surface area contributed by atoms with Gasteiger partial charge in [0.15, 0.2) is 12.7 Å². The second kappa shape index (κ2) is 7.48. The van der Waals surface area contributed by atoms with Crippen LogP contribution in [0.4, 0.5) is 0 Å². The number of benzene rings is 1. The molecular formula is C16H19NO3. The Hall–Kier alpha value is -2.10. The van der Waals surface area contributed by atoms with E-state index in [9.17, 15) is 4.79 Å². The van der Waals surface area contributed by atoms with Gasteiger partial charge in [-0.3, -0.25) is 4.79 Å². The number of carbonyl (C=O) groups is 1. The molecule has 0 aliphatic heterocycles. The van der Waals surface area contributed by atoms with Crippen molar-refractivity contribution in [2.24, 2.45) is 0 Å². The van der Waals surface area contributed by atoms with Crippen LogP contribution >= 0.6 is 0 Å². The van der Waals surface area contributed by atoms with Crippen molar-refractivity contribution in [2.45, 2.75) is 32.6 Å². The van der Waals surface area contributed by atoms with Crippen molar-refractivity contribution in [1.29, 1.82) is 0 Å². The zero-order valence-electron chi connectivity index (χ0n) is 11.7. The zero-order chi connectivity index (χ0) is 14.2. The molecule has 0 N–H and O–H groups in total. The predicted molar refractivity (Wildman–Crippen MR) is 75.9 cm³/mol. The van der Waals surface area contributed by atoms with Crippen LogP contribution in [0, 0.1) is 0 Å². The maximum absolute atomic E-state index is 10.3. The SMILES string of the molecule is CCc1ocnc1CCCc1cccc(OCC=O)c1. The number of hydrogen-bond acceptors (Lipinski definition) is 4. The van der Waals surface area contributed by atoms with Crippen molar-refractivity contribution < 1.29 is 13.9 Å². The lowest BCUT2D eigenvalue weighted by Gasteiger charge is -2.05. The summed E-state index contributed by atoms with van der Waals surface area (Å²) >= 11 is 0. The van der Waals surface area contributed by atoms with Crippen LogP contribution < -0.4 is 4.74 Å². The number of oxazole rings is 1. The number of rotatable bonds is 8. The fraction of sp³-hybridized carbons (Fsp3) is 0.375. The van der Waals surface area contributed by atoms with Gasteiger partial charge in [0.2, 0.25) is 0 Å². The van der Waals surface area contributed by atoms with E-state index in [4.69, 9.17) is 9.15 Å². The highest BCUT2D eigenvalue weighted by Gasteiger charge is 2.06. The molecule has 4 nitrogen and oxygen atoms in total. The summed E-state index contributed by atoms with van der Waals surface area (Å²) in [5.74, 6) is 1.72. The van der Waals surface area contributed by atoms with Crippen molar-refractivity contribution in [3.63, 3.8) is 0 Å². The fourth-order valence-electron chi connectivity index (χ4n) is 2.17. The smallest absolute Gasteiger partial charge is 0.181 e. The Morgan fingerprint density at radius 2 is 2.25 bits per heavy atom. The average molecular weight is 273 g/mol. The van der Waals surface area contributed by atoms with Crippen molar-refractivity contribution in [1.82, 2.24) is 4.98 Å². The van der Waals surface area contributed by atoms with E-state index in [1.165, 1.54) is 12.0 Å². The van der Waals surface area contributed by atoms with E-state index in [0.29, 0.717) is 0 Å². The topological polar surface area (TPSA) is 52.3 Å². The van der Waals surface area contributed by atoms with Gasteiger partial charge in [-0.1, -0.05) is 19.1 Å². The van der Waals surface area contributed by atoms with E-state index < -0.39 is 0 Å². The quantitative estimate of drug-likeness (QED) is 0.694. The number of ether oxygens (including phenoxy) is 1. The second-order valence-corrected chi connectivity index (χ2v) is 4.55. The third kappa shape index (κ3) is 3.95. The van der Waals surface area contributed by atoms with Gasteiger partial charge in [-0.05, 0) is 37.0 Å². The highest BCUT2D eigenvalue weighted by atomic mass is 16.5. The molecule has 0 saturated heterocycles. The van der Waals surface area contributed by atoms with Gasteiger partial charge >= 0.3 is 0 Å². The number of nitrogens with zero attached hydrogens (tertiary/aromatic N) is 1. The summed E-state index contributed by atoms with van der Waals surface area (Å²) in [4.78, 5) is 14.5. The summed E-state index contributed by atoms with van der Waals surface area (Å²) in [5, 5.41) is 0. The molecule has 106 valence electrons. The van der Waals surface area contributed by atoms with Gasteiger partial charge in [-0.25, -0.2) is 4.98 Å². The van der Waals surface area contributed by atoms with Crippen molar-refractivity contribution in [3.05, 3.63) is 47.7 Å². The van der Waals surface area contributed by atoms with Gasteiger partial charge in [0, 0.05) is 6.42 Å². The van der Waals surface area contributed by atoms with Crippen LogP contribution in [0.2, 0.25) is 0 Å². The Balaban J connectivity index is 1.86. The third-order valence-corrected chi connectivity index (χ3v) is 3.14. The molecule has 20 heavy (non-hydrogen) atoms. The Labute approximate surface area is 118 Å². The predicted octanol–water partition coefficient (Wildman–Crippen LogP) is 2.99. The molecule has 2 aromatic rings. The van der Waals surface area contributed by atoms with Crippen LogP contribution in [-0.2, 0) is 24.1 Å². The average Bonchev–Trinajstić information content (AvgIpc) is 2.93. The lowest BCUT2D eigenvalue weighted by Crippen LogP contribution is -1.98. The molecule has 2 rings (SSSR count). The van der Waals surface area contributed by atoms with Crippen molar-refractivity contribution in [3.8, 4) is 5.75 Å². The first-order valence-corrected chi connectivity index (χ1v) is 6.90. The molecule has 0 radical (unpaired) electrons. The second-order valence-electron chi connectivity index (χ2n) is 4.55. The van der Waals surface area contributed by atoms with Crippen LogP contribution in [0.15, 0.2) is 35.1 Å². The summed E-state index contributed by atoms with van der Waals surface area (Å²) in [7, 11) is 0. The zero-order valence-corrected chi connectivity index (χ0v) is 11.7. The molecular weight excluding hydrogens is 254 g/mol. The number of hydrogen-bond donors (Lipinski definition) is 0. The first-order valence-electron chi connectivity index (χ1n) is 6.90. The molecule has 0 bridgehead atoms. The van der Waals surface area contributed by atoms with Gasteiger partial charge in [0.25, 0.3) is 0 Å². The number of carbonyl (C=O) groups excluding carboxylic acids is 1. The lowest BCUT2D eigenvalue weighted by atomic mass is 10.1. The minimum Gasteiger partial charge on any atom is -0.486 e. The largest absolute Gasteiger partial charge is 0.486 e. The van der Waals surface area contributed by atoms with E-state index in [1.807, 2.05) is 18.2 Å². The summed E-state index contributed by atoms with van der Waals surface area (Å²) in [6, 6.07) is 7.85. The first-order chi connectivity index (χ1) is 9.83. The molecule has 0 atom stereocenters. The minimum absolute atomic E-state index is 0.0995. The van der Waals surface area contributed by atoms with Crippen LogP contribution in [0.25, 0.3) is 0 Å². The molecule has 1 aromatic heterocycles. The van der Waals surface area contributed by atoms with Crippen molar-refractivity contribution >= 4 is 6.29 Å². The molecule has 0 fully saturated rings. The van der Waals surface area contributed by atoms with E-state index in [2.05, 4.69) is 18.0 Å². The molecule has 4 heteroatoms. The molecule has 0 spiro atoms. The third-order valence-electron chi connectivity index (χ3n) is 3.14. The van der Waals surface area contributed by atoms with Gasteiger partial charge in [0.05, 0.1) is 5.69 Å². The number of aryl methyl sites for hydroxylation is 3. The Kier molecular flexibility index (Phi) is 5.35. The van der Waals surface area contributed by atoms with Gasteiger partial charge in [0.1, 0.15) is 18.1 Å². The Bertz CT molecular complexity index is 548. The highest BCUT2D eigenvalue weighted by molar-refractivity contribution is 5.51.